The smallest absolute Gasteiger partial charge is 0.248 e. The van der Waals surface area contributed by atoms with E-state index in [9.17, 15) is 9.59 Å². The van der Waals surface area contributed by atoms with Gasteiger partial charge in [-0.15, -0.1) is 0 Å². The van der Waals surface area contributed by atoms with Crippen LogP contribution in [0.25, 0.3) is 0 Å². The van der Waals surface area contributed by atoms with E-state index in [0.29, 0.717) is 23.0 Å². The van der Waals surface area contributed by atoms with E-state index >= 15 is 0 Å². The Morgan fingerprint density at radius 1 is 1.08 bits per heavy atom. The zero-order chi connectivity index (χ0) is 18.3. The van der Waals surface area contributed by atoms with Gasteiger partial charge in [-0.25, -0.2) is 0 Å². The molecule has 1 atom stereocenters. The van der Waals surface area contributed by atoms with Crippen molar-refractivity contribution in [2.45, 2.75) is 58.9 Å². The second-order valence-corrected chi connectivity index (χ2v) is 7.23. The van der Waals surface area contributed by atoms with E-state index in [2.05, 4.69) is 18.5 Å². The molecule has 1 aliphatic carbocycles. The van der Waals surface area contributed by atoms with E-state index in [-0.39, 0.29) is 17.7 Å². The van der Waals surface area contributed by atoms with Crippen molar-refractivity contribution in [2.75, 3.05) is 20.1 Å². The molecular weight excluding hydrogens is 300 g/mol. The summed E-state index contributed by atoms with van der Waals surface area (Å²) in [6.45, 7) is 14.7. The molecule has 1 aliphatic rings. The number of nitrogens with zero attached hydrogens (tertiary/aromatic N) is 1. The van der Waals surface area contributed by atoms with Crippen molar-refractivity contribution in [2.24, 2.45) is 11.8 Å². The third kappa shape index (κ3) is 5.90. The Morgan fingerprint density at radius 2 is 1.62 bits per heavy atom. The molecule has 136 valence electrons. The molecule has 1 amide bonds. The molecule has 1 fully saturated rings. The molecule has 4 heteroatoms. The molecule has 4 nitrogen and oxygen atoms in total. The van der Waals surface area contributed by atoms with E-state index in [1.165, 1.54) is 0 Å². The number of amides is 1. The number of carbonyl (C=O) groups is 2. The highest BCUT2D eigenvalue weighted by atomic mass is 16.2. The van der Waals surface area contributed by atoms with Crippen LogP contribution in [0.5, 0.6) is 0 Å². The Labute approximate surface area is 147 Å². The van der Waals surface area contributed by atoms with Crippen molar-refractivity contribution in [3.63, 3.8) is 0 Å². The third-order valence-corrected chi connectivity index (χ3v) is 5.13. The first-order chi connectivity index (χ1) is 11.3. The minimum atomic E-state index is -0.110. The van der Waals surface area contributed by atoms with Gasteiger partial charge in [0, 0.05) is 18.7 Å². The Balaban J connectivity index is 2.48. The number of hydrogen-bond acceptors (Lipinski definition) is 3. The monoisotopic (exact) mass is 334 g/mol. The van der Waals surface area contributed by atoms with Crippen LogP contribution in [0.2, 0.25) is 0 Å². The first kappa shape index (κ1) is 20.6. The van der Waals surface area contributed by atoms with E-state index < -0.39 is 0 Å². The summed E-state index contributed by atoms with van der Waals surface area (Å²) in [4.78, 5) is 26.1. The van der Waals surface area contributed by atoms with Crippen LogP contribution in [0.1, 0.15) is 52.9 Å². The van der Waals surface area contributed by atoms with E-state index in [1.54, 1.807) is 13.8 Å². The van der Waals surface area contributed by atoms with Crippen LogP contribution in [0.3, 0.4) is 0 Å². The van der Waals surface area contributed by atoms with Gasteiger partial charge in [0.05, 0.1) is 6.04 Å². The molecule has 0 saturated heterocycles. The molecule has 1 unspecified atom stereocenters. The molecule has 0 spiro atoms. The first-order valence-corrected chi connectivity index (χ1v) is 9.11. The van der Waals surface area contributed by atoms with Gasteiger partial charge in [-0.3, -0.25) is 9.59 Å². The van der Waals surface area contributed by atoms with Gasteiger partial charge in [0.1, 0.15) is 0 Å². The maximum Gasteiger partial charge on any atom is 0.248 e. The highest BCUT2D eigenvalue weighted by Crippen LogP contribution is 2.32. The van der Waals surface area contributed by atoms with Crippen LogP contribution in [0, 0.1) is 11.8 Å². The van der Waals surface area contributed by atoms with Gasteiger partial charge < -0.3 is 10.2 Å². The summed E-state index contributed by atoms with van der Waals surface area (Å²) in [7, 11) is 1.85. The largest absolute Gasteiger partial charge is 0.339 e. The number of nitrogens with one attached hydrogen (secondary N) is 1. The van der Waals surface area contributed by atoms with Crippen molar-refractivity contribution in [1.29, 1.82) is 0 Å². The Kier molecular flexibility index (Phi) is 8.40. The van der Waals surface area contributed by atoms with Gasteiger partial charge in [-0.1, -0.05) is 26.0 Å². The highest BCUT2D eigenvalue weighted by molar-refractivity contribution is 5.98. The number of Topliss-reactive ketones (excluding diaryl/α,β-unsaturated/α-hetero) is 1. The second kappa shape index (κ2) is 9.77. The number of ketones is 1. The summed E-state index contributed by atoms with van der Waals surface area (Å²) < 4.78 is 0. The molecule has 0 heterocycles. The predicted molar refractivity (Wildman–Crippen MR) is 99.8 cm³/mol. The van der Waals surface area contributed by atoms with Crippen LogP contribution >= 0.6 is 0 Å². The van der Waals surface area contributed by atoms with Crippen LogP contribution in [-0.2, 0) is 9.59 Å². The summed E-state index contributed by atoms with van der Waals surface area (Å²) in [5.74, 6) is 1.34. The van der Waals surface area contributed by atoms with Crippen LogP contribution in [-0.4, -0.2) is 42.8 Å². The number of hydrogen-bond donors (Lipinski definition) is 1. The maximum absolute atomic E-state index is 12.1. The molecule has 0 aromatic rings. The molecule has 0 aromatic heterocycles. The zero-order valence-electron chi connectivity index (χ0n) is 15.9. The Hall–Kier alpha value is -1.42. The minimum Gasteiger partial charge on any atom is -0.339 e. The van der Waals surface area contributed by atoms with E-state index in [1.807, 2.05) is 18.9 Å². The lowest BCUT2D eigenvalue weighted by molar-refractivity contribution is -0.127. The van der Waals surface area contributed by atoms with Crippen molar-refractivity contribution in [3.05, 3.63) is 24.3 Å². The fraction of sp³-hybridized carbons (Fsp3) is 0.700. The predicted octanol–water partition coefficient (Wildman–Crippen LogP) is 3.34. The third-order valence-electron chi connectivity index (χ3n) is 5.13. The fourth-order valence-electron chi connectivity index (χ4n) is 3.57. The lowest BCUT2D eigenvalue weighted by Crippen LogP contribution is -2.39. The lowest BCUT2D eigenvalue weighted by Gasteiger charge is -2.33. The standard InChI is InChI=1S/C20H34N2O2/c1-7-22(20(24)15(4)5)13-17-10-8-16(9-11-17)12-18(21-6)19(23)14(2)3/h16-18,21H,2,4,7-13H2,1,3,5-6H3. The first-order valence-electron chi connectivity index (χ1n) is 9.11. The molecule has 1 saturated carbocycles. The van der Waals surface area contributed by atoms with Crippen LogP contribution in [0.15, 0.2) is 24.3 Å². The highest BCUT2D eigenvalue weighted by Gasteiger charge is 2.28. The summed E-state index contributed by atoms with van der Waals surface area (Å²) in [5.41, 5.74) is 1.24. The summed E-state index contributed by atoms with van der Waals surface area (Å²) in [6.07, 6.45) is 5.40. The molecule has 1 N–H and O–H groups in total. The van der Waals surface area contributed by atoms with Crippen molar-refractivity contribution in [1.82, 2.24) is 10.2 Å². The topological polar surface area (TPSA) is 49.4 Å². The molecule has 0 bridgehead atoms. The van der Waals surface area contributed by atoms with Gasteiger partial charge in [0.15, 0.2) is 5.78 Å². The van der Waals surface area contributed by atoms with Crippen LogP contribution in [0.4, 0.5) is 0 Å². The summed E-state index contributed by atoms with van der Waals surface area (Å²) >= 11 is 0. The van der Waals surface area contributed by atoms with E-state index in [0.717, 1.165) is 45.2 Å². The van der Waals surface area contributed by atoms with Crippen LogP contribution < -0.4 is 5.32 Å². The summed E-state index contributed by atoms with van der Waals surface area (Å²) in [5, 5.41) is 3.14. The minimum absolute atomic E-state index is 0.0712. The molecule has 24 heavy (non-hydrogen) atoms. The SMILES string of the molecule is C=C(C)C(=O)C(CC1CCC(CN(CC)C(=O)C(=C)C)CC1)NC. The number of likely N-dealkylation sites (N-methyl/N-ethyl adjacent to an activating group) is 2. The zero-order valence-corrected chi connectivity index (χ0v) is 15.9. The van der Waals surface area contributed by atoms with E-state index in [4.69, 9.17) is 0 Å². The molecule has 1 rings (SSSR count). The maximum atomic E-state index is 12.1. The van der Waals surface area contributed by atoms with Gasteiger partial charge in [0.25, 0.3) is 0 Å². The molecule has 0 aliphatic heterocycles. The average Bonchev–Trinajstić information content (AvgIpc) is 2.57. The van der Waals surface area contributed by atoms with Crippen molar-refractivity contribution in [3.8, 4) is 0 Å². The number of rotatable bonds is 9. The Bertz CT molecular complexity index is 432. The average molecular weight is 335 g/mol. The molecule has 0 aromatic carbocycles. The van der Waals surface area contributed by atoms with Crippen molar-refractivity contribution < 1.29 is 9.59 Å². The van der Waals surface area contributed by atoms with Gasteiger partial charge >= 0.3 is 0 Å². The van der Waals surface area contributed by atoms with Gasteiger partial charge in [-0.2, -0.15) is 0 Å². The van der Waals surface area contributed by atoms with Gasteiger partial charge in [-0.05, 0) is 64.5 Å². The number of carbonyl (C=O) groups excluding carboxylic acids is 2. The lowest BCUT2D eigenvalue weighted by atomic mass is 9.78. The fourth-order valence-corrected chi connectivity index (χ4v) is 3.57. The van der Waals surface area contributed by atoms with Crippen molar-refractivity contribution >= 4 is 11.7 Å². The summed E-state index contributed by atoms with van der Waals surface area (Å²) in [6, 6.07) is -0.110. The quantitative estimate of drug-likeness (QED) is 0.658. The second-order valence-electron chi connectivity index (χ2n) is 7.23. The molecule has 0 radical (unpaired) electrons. The molecular formula is C20H34N2O2. The normalized spacial score (nSPS) is 21.8. The van der Waals surface area contributed by atoms with Gasteiger partial charge in [0.2, 0.25) is 5.91 Å². The Morgan fingerprint density at radius 3 is 2.04 bits per heavy atom.